The maximum Gasteiger partial charge on any atom is 0.310 e. The third-order valence-corrected chi connectivity index (χ3v) is 6.21. The van der Waals surface area contributed by atoms with Crippen LogP contribution in [-0.2, 0) is 14.3 Å². The highest BCUT2D eigenvalue weighted by Crippen LogP contribution is 2.57. The number of rotatable bonds is 4. The number of benzene rings is 2. The highest BCUT2D eigenvalue weighted by atomic mass is 35.5. The van der Waals surface area contributed by atoms with Crippen LogP contribution in [0.5, 0.6) is 11.5 Å². The quantitative estimate of drug-likeness (QED) is 0.801. The van der Waals surface area contributed by atoms with Gasteiger partial charge in [-0.2, -0.15) is 0 Å². The number of hydrogen-bond acceptors (Lipinski definition) is 4. The number of carbonyl (C=O) groups is 2. The van der Waals surface area contributed by atoms with Crippen LogP contribution in [-0.4, -0.2) is 18.0 Å². The van der Waals surface area contributed by atoms with Gasteiger partial charge in [0.05, 0.1) is 11.8 Å². The van der Waals surface area contributed by atoms with Gasteiger partial charge in [0.2, 0.25) is 5.91 Å². The molecule has 1 amide bonds. The third-order valence-electron chi connectivity index (χ3n) is 5.96. The van der Waals surface area contributed by atoms with Gasteiger partial charge in [0, 0.05) is 16.6 Å². The predicted molar refractivity (Wildman–Crippen MR) is 99.7 cm³/mol. The van der Waals surface area contributed by atoms with E-state index >= 15 is 0 Å². The Kier molecular flexibility index (Phi) is 3.86. The van der Waals surface area contributed by atoms with E-state index in [0.717, 1.165) is 12.8 Å². The molecule has 5 atom stereocenters. The molecule has 3 aliphatic rings. The van der Waals surface area contributed by atoms with Crippen molar-refractivity contribution < 1.29 is 19.1 Å². The molecule has 2 aromatic carbocycles. The average Bonchev–Trinajstić information content (AvgIpc) is 3.27. The summed E-state index contributed by atoms with van der Waals surface area (Å²) in [7, 11) is 0. The SMILES string of the molecule is O=C(Nc1ccc(Oc2ccc(Cl)cc2)cc1)[C@@H]1[C@@H]2C[C@@H]3[C@@H]1C(=O)O[C@H]3C2. The first kappa shape index (κ1) is 16.6. The van der Waals surface area contributed by atoms with Crippen LogP contribution < -0.4 is 10.1 Å². The number of nitrogens with one attached hydrogen (secondary N) is 1. The molecule has 5 nitrogen and oxygen atoms in total. The summed E-state index contributed by atoms with van der Waals surface area (Å²) in [5.74, 6) is 1.02. The number of ether oxygens (including phenoxy) is 2. The monoisotopic (exact) mass is 383 g/mol. The van der Waals surface area contributed by atoms with Crippen LogP contribution in [0.25, 0.3) is 0 Å². The van der Waals surface area contributed by atoms with Crippen molar-refractivity contribution in [2.45, 2.75) is 18.9 Å². The Morgan fingerprint density at radius 1 is 1.04 bits per heavy atom. The summed E-state index contributed by atoms with van der Waals surface area (Å²) in [6.45, 7) is 0. The number of esters is 1. The van der Waals surface area contributed by atoms with E-state index in [9.17, 15) is 9.59 Å². The smallest absolute Gasteiger partial charge is 0.310 e. The molecule has 0 aromatic heterocycles. The van der Waals surface area contributed by atoms with Crippen LogP contribution in [0.15, 0.2) is 48.5 Å². The zero-order chi connectivity index (χ0) is 18.5. The summed E-state index contributed by atoms with van der Waals surface area (Å²) in [5, 5.41) is 3.60. The molecule has 0 radical (unpaired) electrons. The molecule has 27 heavy (non-hydrogen) atoms. The van der Waals surface area contributed by atoms with E-state index < -0.39 is 0 Å². The van der Waals surface area contributed by atoms with Gasteiger partial charge in [-0.3, -0.25) is 9.59 Å². The predicted octanol–water partition coefficient (Wildman–Crippen LogP) is 4.27. The van der Waals surface area contributed by atoms with Crippen LogP contribution in [0.1, 0.15) is 12.8 Å². The Bertz CT molecular complexity index is 893. The molecular formula is C21H18ClNO4. The lowest BCUT2D eigenvalue weighted by atomic mass is 9.79. The third kappa shape index (κ3) is 2.86. The van der Waals surface area contributed by atoms with Crippen molar-refractivity contribution in [2.24, 2.45) is 23.7 Å². The molecule has 1 N–H and O–H groups in total. The zero-order valence-electron chi connectivity index (χ0n) is 14.4. The molecule has 1 heterocycles. The normalized spacial score (nSPS) is 30.3. The summed E-state index contributed by atoms with van der Waals surface area (Å²) in [6, 6.07) is 14.3. The highest BCUT2D eigenvalue weighted by Gasteiger charge is 2.63. The molecule has 1 aliphatic heterocycles. The molecule has 0 unspecified atom stereocenters. The maximum atomic E-state index is 12.8. The summed E-state index contributed by atoms with van der Waals surface area (Å²) in [6.07, 6.45) is 1.78. The first-order valence-corrected chi connectivity index (χ1v) is 9.51. The van der Waals surface area contributed by atoms with E-state index in [-0.39, 0.29) is 41.7 Å². The molecule has 3 fully saturated rings. The van der Waals surface area contributed by atoms with Crippen LogP contribution in [0.3, 0.4) is 0 Å². The molecule has 5 rings (SSSR count). The van der Waals surface area contributed by atoms with Gasteiger partial charge in [0.25, 0.3) is 0 Å². The Morgan fingerprint density at radius 3 is 2.41 bits per heavy atom. The fourth-order valence-corrected chi connectivity index (χ4v) is 4.96. The first-order chi connectivity index (χ1) is 13.1. The number of fused-ring (bicyclic) bond motifs is 1. The number of hydrogen-bond donors (Lipinski definition) is 1. The summed E-state index contributed by atoms with van der Waals surface area (Å²) < 4.78 is 11.2. The van der Waals surface area contributed by atoms with Gasteiger partial charge >= 0.3 is 5.97 Å². The second kappa shape index (κ2) is 6.27. The van der Waals surface area contributed by atoms with Gasteiger partial charge in [-0.05, 0) is 67.3 Å². The van der Waals surface area contributed by atoms with Gasteiger partial charge < -0.3 is 14.8 Å². The minimum absolute atomic E-state index is 0.0425. The Morgan fingerprint density at radius 2 is 1.70 bits per heavy atom. The van der Waals surface area contributed by atoms with E-state index in [0.29, 0.717) is 22.2 Å². The molecule has 1 saturated heterocycles. The van der Waals surface area contributed by atoms with E-state index in [4.69, 9.17) is 21.1 Å². The molecule has 6 heteroatoms. The zero-order valence-corrected chi connectivity index (χ0v) is 15.2. The molecule has 2 aliphatic carbocycles. The van der Waals surface area contributed by atoms with E-state index in [1.54, 1.807) is 48.5 Å². The highest BCUT2D eigenvalue weighted by molar-refractivity contribution is 6.30. The lowest BCUT2D eigenvalue weighted by Gasteiger charge is -2.23. The van der Waals surface area contributed by atoms with Crippen LogP contribution >= 0.6 is 11.6 Å². The Balaban J connectivity index is 1.25. The van der Waals surface area contributed by atoms with E-state index in [1.165, 1.54) is 0 Å². The number of amides is 1. The topological polar surface area (TPSA) is 64.6 Å². The summed E-state index contributed by atoms with van der Waals surface area (Å²) >= 11 is 5.87. The molecule has 2 aromatic rings. The lowest BCUT2D eigenvalue weighted by Crippen LogP contribution is -2.35. The molecular weight excluding hydrogens is 366 g/mol. The van der Waals surface area contributed by atoms with Crippen molar-refractivity contribution in [3.05, 3.63) is 53.6 Å². The summed E-state index contributed by atoms with van der Waals surface area (Å²) in [5.41, 5.74) is 0.689. The fourth-order valence-electron chi connectivity index (χ4n) is 4.83. The minimum Gasteiger partial charge on any atom is -0.462 e. The van der Waals surface area contributed by atoms with Gasteiger partial charge in [-0.1, -0.05) is 11.6 Å². The first-order valence-electron chi connectivity index (χ1n) is 9.13. The molecule has 2 saturated carbocycles. The van der Waals surface area contributed by atoms with Crippen LogP contribution in [0.2, 0.25) is 5.02 Å². The van der Waals surface area contributed by atoms with Gasteiger partial charge in [0.1, 0.15) is 17.6 Å². The molecule has 138 valence electrons. The number of halogens is 1. The van der Waals surface area contributed by atoms with Gasteiger partial charge in [0.15, 0.2) is 0 Å². The van der Waals surface area contributed by atoms with Crippen molar-refractivity contribution >= 4 is 29.2 Å². The minimum atomic E-state index is -0.272. The van der Waals surface area contributed by atoms with Crippen LogP contribution in [0, 0.1) is 23.7 Å². The van der Waals surface area contributed by atoms with Crippen molar-refractivity contribution in [3.63, 3.8) is 0 Å². The Labute approximate surface area is 161 Å². The fraction of sp³-hybridized carbons (Fsp3) is 0.333. The van der Waals surface area contributed by atoms with Crippen molar-refractivity contribution in [1.82, 2.24) is 0 Å². The maximum absolute atomic E-state index is 12.8. The second-order valence-electron chi connectivity index (χ2n) is 7.49. The largest absolute Gasteiger partial charge is 0.462 e. The number of carbonyl (C=O) groups excluding carboxylic acids is 2. The van der Waals surface area contributed by atoms with E-state index in [1.807, 2.05) is 0 Å². The molecule has 2 bridgehead atoms. The van der Waals surface area contributed by atoms with Crippen LogP contribution in [0.4, 0.5) is 5.69 Å². The van der Waals surface area contributed by atoms with E-state index in [2.05, 4.69) is 5.32 Å². The van der Waals surface area contributed by atoms with Gasteiger partial charge in [-0.25, -0.2) is 0 Å². The second-order valence-corrected chi connectivity index (χ2v) is 7.93. The van der Waals surface area contributed by atoms with Crippen molar-refractivity contribution in [1.29, 1.82) is 0 Å². The standard InChI is InChI=1S/C21H18ClNO4/c22-12-1-5-14(6-2-12)26-15-7-3-13(4-8-15)23-20(24)18-11-9-16-17(10-11)27-21(25)19(16)18/h1-8,11,16-19H,9-10H2,(H,23,24)/t11-,16+,17+,18-,19+/m1/s1. The van der Waals surface area contributed by atoms with Crippen molar-refractivity contribution in [2.75, 3.05) is 5.32 Å². The molecule has 0 spiro atoms. The average molecular weight is 384 g/mol. The Hall–Kier alpha value is -2.53. The number of anilines is 1. The van der Waals surface area contributed by atoms with Gasteiger partial charge in [-0.15, -0.1) is 0 Å². The lowest BCUT2D eigenvalue weighted by molar-refractivity contribution is -0.145. The van der Waals surface area contributed by atoms with Crippen molar-refractivity contribution in [3.8, 4) is 11.5 Å². The summed E-state index contributed by atoms with van der Waals surface area (Å²) in [4.78, 5) is 24.9.